The number of para-hydroxylation sites is 1. The topological polar surface area (TPSA) is 66.5 Å². The van der Waals surface area contributed by atoms with Crippen molar-refractivity contribution in [2.75, 3.05) is 18.4 Å². The molecule has 0 saturated heterocycles. The maximum absolute atomic E-state index is 13.1. The fourth-order valence-corrected chi connectivity index (χ4v) is 4.92. The summed E-state index contributed by atoms with van der Waals surface area (Å²) < 4.78 is 27.7. The highest BCUT2D eigenvalue weighted by molar-refractivity contribution is 7.89. The molecule has 0 radical (unpaired) electrons. The number of hydrogen-bond donors (Lipinski definition) is 1. The molecule has 0 saturated carbocycles. The Morgan fingerprint density at radius 1 is 0.931 bits per heavy atom. The molecule has 5 nitrogen and oxygen atoms in total. The number of hydrogen-bond acceptors (Lipinski definition) is 3. The van der Waals surface area contributed by atoms with Crippen LogP contribution >= 0.6 is 0 Å². The van der Waals surface area contributed by atoms with Crippen molar-refractivity contribution in [1.82, 2.24) is 4.31 Å². The van der Waals surface area contributed by atoms with Crippen LogP contribution in [0.2, 0.25) is 0 Å². The van der Waals surface area contributed by atoms with E-state index in [2.05, 4.69) is 5.32 Å². The lowest BCUT2D eigenvalue weighted by Crippen LogP contribution is -2.37. The predicted octanol–water partition coefficient (Wildman–Crippen LogP) is 4.80. The zero-order valence-corrected chi connectivity index (χ0v) is 18.8. The number of rotatable bonds is 9. The second kappa shape index (κ2) is 10.0. The Hall–Kier alpha value is -2.18. The van der Waals surface area contributed by atoms with Crippen molar-refractivity contribution in [3.63, 3.8) is 0 Å². The summed E-state index contributed by atoms with van der Waals surface area (Å²) in [7, 11) is -3.60. The standard InChI is InChI=1S/C23H32N2O3S/c1-6-19-9-7-8-10-22(19)24-23(26)20-11-13-21(14-12-20)29(27,28)25(15-17(2)3)16-18(4)5/h7-14,17-18H,6,15-16H2,1-5H3,(H,24,26). The minimum atomic E-state index is -3.60. The predicted molar refractivity (Wildman–Crippen MR) is 119 cm³/mol. The summed E-state index contributed by atoms with van der Waals surface area (Å²) in [5.74, 6) is 0.204. The average molecular weight is 417 g/mol. The molecule has 0 aliphatic heterocycles. The molecule has 0 fully saturated rings. The van der Waals surface area contributed by atoms with Gasteiger partial charge in [0.05, 0.1) is 4.90 Å². The van der Waals surface area contributed by atoms with Gasteiger partial charge in [0.25, 0.3) is 5.91 Å². The Bertz CT molecular complexity index is 909. The quantitative estimate of drug-likeness (QED) is 0.638. The van der Waals surface area contributed by atoms with E-state index in [-0.39, 0.29) is 22.6 Å². The van der Waals surface area contributed by atoms with Crippen molar-refractivity contribution in [2.45, 2.75) is 45.9 Å². The van der Waals surface area contributed by atoms with Crippen molar-refractivity contribution in [3.8, 4) is 0 Å². The normalized spacial score (nSPS) is 12.0. The van der Waals surface area contributed by atoms with Crippen molar-refractivity contribution in [3.05, 3.63) is 59.7 Å². The SMILES string of the molecule is CCc1ccccc1NC(=O)c1ccc(S(=O)(=O)N(CC(C)C)CC(C)C)cc1. The fraction of sp³-hybridized carbons (Fsp3) is 0.435. The van der Waals surface area contributed by atoms with Crippen LogP contribution < -0.4 is 5.32 Å². The molecule has 0 heterocycles. The van der Waals surface area contributed by atoms with Crippen LogP contribution in [0.4, 0.5) is 5.69 Å². The lowest BCUT2D eigenvalue weighted by molar-refractivity contribution is 0.102. The monoisotopic (exact) mass is 416 g/mol. The highest BCUT2D eigenvalue weighted by Crippen LogP contribution is 2.21. The number of sulfonamides is 1. The Balaban J connectivity index is 2.22. The molecule has 6 heteroatoms. The molecule has 0 aliphatic carbocycles. The number of carbonyl (C=O) groups is 1. The summed E-state index contributed by atoms with van der Waals surface area (Å²) >= 11 is 0. The van der Waals surface area contributed by atoms with Gasteiger partial charge in [0.2, 0.25) is 10.0 Å². The van der Waals surface area contributed by atoms with E-state index in [9.17, 15) is 13.2 Å². The van der Waals surface area contributed by atoms with E-state index in [4.69, 9.17) is 0 Å². The van der Waals surface area contributed by atoms with E-state index in [1.807, 2.05) is 58.9 Å². The van der Waals surface area contributed by atoms with E-state index in [1.54, 1.807) is 12.1 Å². The second-order valence-electron chi connectivity index (χ2n) is 8.10. The lowest BCUT2D eigenvalue weighted by atomic mass is 10.1. The van der Waals surface area contributed by atoms with Crippen molar-refractivity contribution in [2.24, 2.45) is 11.8 Å². The third kappa shape index (κ3) is 6.15. The first-order valence-electron chi connectivity index (χ1n) is 10.1. The summed E-state index contributed by atoms with van der Waals surface area (Å²) in [5, 5.41) is 2.91. The first kappa shape index (κ1) is 23.1. The molecule has 2 aromatic rings. The molecule has 1 N–H and O–H groups in total. The van der Waals surface area contributed by atoms with Gasteiger partial charge in [-0.15, -0.1) is 0 Å². The Morgan fingerprint density at radius 3 is 2.00 bits per heavy atom. The minimum Gasteiger partial charge on any atom is -0.322 e. The van der Waals surface area contributed by atoms with Gasteiger partial charge in [-0.1, -0.05) is 52.8 Å². The van der Waals surface area contributed by atoms with E-state index in [1.165, 1.54) is 16.4 Å². The van der Waals surface area contributed by atoms with Crippen LogP contribution in [-0.2, 0) is 16.4 Å². The lowest BCUT2D eigenvalue weighted by Gasteiger charge is -2.25. The molecule has 2 rings (SSSR count). The zero-order chi connectivity index (χ0) is 21.6. The van der Waals surface area contributed by atoms with Crippen LogP contribution in [0.3, 0.4) is 0 Å². The van der Waals surface area contributed by atoms with Gasteiger partial charge in [-0.2, -0.15) is 4.31 Å². The molecular formula is C23H32N2O3S. The summed E-state index contributed by atoms with van der Waals surface area (Å²) in [6, 6.07) is 13.8. The number of benzene rings is 2. The summed E-state index contributed by atoms with van der Waals surface area (Å²) in [6.07, 6.45) is 0.815. The molecule has 29 heavy (non-hydrogen) atoms. The molecular weight excluding hydrogens is 384 g/mol. The first-order valence-corrected chi connectivity index (χ1v) is 11.6. The minimum absolute atomic E-state index is 0.212. The fourth-order valence-electron chi connectivity index (χ4n) is 3.16. The largest absolute Gasteiger partial charge is 0.322 e. The Labute approximate surface area is 175 Å². The second-order valence-corrected chi connectivity index (χ2v) is 10.0. The number of nitrogens with one attached hydrogen (secondary N) is 1. The van der Waals surface area contributed by atoms with Gasteiger partial charge in [-0.3, -0.25) is 4.79 Å². The van der Waals surface area contributed by atoms with Gasteiger partial charge < -0.3 is 5.32 Å². The van der Waals surface area contributed by atoms with Crippen LogP contribution in [0, 0.1) is 11.8 Å². The van der Waals surface area contributed by atoms with E-state index >= 15 is 0 Å². The number of aryl methyl sites for hydroxylation is 1. The van der Waals surface area contributed by atoms with Crippen molar-refractivity contribution < 1.29 is 13.2 Å². The third-order valence-electron chi connectivity index (χ3n) is 4.54. The molecule has 0 atom stereocenters. The van der Waals surface area contributed by atoms with Crippen LogP contribution in [-0.4, -0.2) is 31.7 Å². The van der Waals surface area contributed by atoms with Crippen molar-refractivity contribution in [1.29, 1.82) is 0 Å². The molecule has 0 spiro atoms. The van der Waals surface area contributed by atoms with Crippen LogP contribution in [0.25, 0.3) is 0 Å². The van der Waals surface area contributed by atoms with Gasteiger partial charge in [0, 0.05) is 24.3 Å². The number of carbonyl (C=O) groups excluding carboxylic acids is 1. The van der Waals surface area contributed by atoms with Crippen LogP contribution in [0.1, 0.15) is 50.5 Å². The maximum atomic E-state index is 13.1. The smallest absolute Gasteiger partial charge is 0.255 e. The van der Waals surface area contributed by atoms with Crippen LogP contribution in [0.15, 0.2) is 53.4 Å². The zero-order valence-electron chi connectivity index (χ0n) is 18.0. The van der Waals surface area contributed by atoms with Gasteiger partial charge >= 0.3 is 0 Å². The third-order valence-corrected chi connectivity index (χ3v) is 6.38. The molecule has 0 aromatic heterocycles. The van der Waals surface area contributed by atoms with Crippen molar-refractivity contribution >= 4 is 21.6 Å². The van der Waals surface area contributed by atoms with Gasteiger partial charge in [-0.25, -0.2) is 8.42 Å². The molecule has 0 bridgehead atoms. The van der Waals surface area contributed by atoms with Gasteiger partial charge in [0.15, 0.2) is 0 Å². The summed E-state index contributed by atoms with van der Waals surface area (Å²) in [4.78, 5) is 12.8. The number of nitrogens with zero attached hydrogens (tertiary/aromatic N) is 1. The highest BCUT2D eigenvalue weighted by Gasteiger charge is 2.26. The van der Waals surface area contributed by atoms with E-state index in [0.717, 1.165) is 17.7 Å². The molecule has 0 aliphatic rings. The van der Waals surface area contributed by atoms with Gasteiger partial charge in [-0.05, 0) is 54.2 Å². The number of amides is 1. The highest BCUT2D eigenvalue weighted by atomic mass is 32.2. The molecule has 0 unspecified atom stereocenters. The first-order chi connectivity index (χ1) is 13.6. The molecule has 1 amide bonds. The summed E-state index contributed by atoms with van der Waals surface area (Å²) in [6.45, 7) is 11.0. The molecule has 2 aromatic carbocycles. The van der Waals surface area contributed by atoms with E-state index in [0.29, 0.717) is 18.7 Å². The van der Waals surface area contributed by atoms with E-state index < -0.39 is 10.0 Å². The van der Waals surface area contributed by atoms with Crippen LogP contribution in [0.5, 0.6) is 0 Å². The number of anilines is 1. The average Bonchev–Trinajstić information content (AvgIpc) is 2.67. The summed E-state index contributed by atoms with van der Waals surface area (Å²) in [5.41, 5.74) is 2.25. The van der Waals surface area contributed by atoms with Gasteiger partial charge in [0.1, 0.15) is 0 Å². The Morgan fingerprint density at radius 2 is 1.48 bits per heavy atom. The molecule has 158 valence electrons. The maximum Gasteiger partial charge on any atom is 0.255 e. The Kier molecular flexibility index (Phi) is 7.99.